The number of amides is 2. The number of benzene rings is 2. The summed E-state index contributed by atoms with van der Waals surface area (Å²) in [5, 5.41) is 25.8. The second-order valence-electron chi connectivity index (χ2n) is 13.2. The Morgan fingerprint density at radius 2 is 1.70 bits per heavy atom. The Bertz CT molecular complexity index is 1420. The van der Waals surface area contributed by atoms with Crippen LogP contribution in [-0.4, -0.2) is 42.1 Å². The Balaban J connectivity index is 1.34. The molecule has 0 unspecified atom stereocenters. The van der Waals surface area contributed by atoms with Crippen LogP contribution in [0, 0.1) is 34.5 Å². The summed E-state index contributed by atoms with van der Waals surface area (Å²) >= 11 is 0. The van der Waals surface area contributed by atoms with E-state index in [0.717, 1.165) is 24.8 Å². The largest absolute Gasteiger partial charge is 0.496 e. The SMILES string of the molecule is COc1cc(C#N)c(OC2CCC(C)(C(=O)O)CC2)cc1C(=O)N[C@@H]1[C@H]2CC[C@H](C2)[C@@H]1C(=O)NC(C)(C)c1ccccc1. The highest BCUT2D eigenvalue weighted by atomic mass is 16.5. The van der Waals surface area contributed by atoms with Gasteiger partial charge in [0.25, 0.3) is 5.91 Å². The van der Waals surface area contributed by atoms with Crippen LogP contribution in [0.4, 0.5) is 0 Å². The predicted molar refractivity (Wildman–Crippen MR) is 160 cm³/mol. The van der Waals surface area contributed by atoms with Gasteiger partial charge in [-0.25, -0.2) is 0 Å². The van der Waals surface area contributed by atoms with E-state index in [9.17, 15) is 24.8 Å². The molecule has 3 fully saturated rings. The molecule has 9 nitrogen and oxygen atoms in total. The van der Waals surface area contributed by atoms with E-state index < -0.39 is 16.9 Å². The second kappa shape index (κ2) is 11.9. The van der Waals surface area contributed by atoms with Crippen molar-refractivity contribution in [2.45, 2.75) is 83.4 Å². The quantitative estimate of drug-likeness (QED) is 0.368. The Morgan fingerprint density at radius 3 is 2.33 bits per heavy atom. The number of methoxy groups -OCH3 is 1. The summed E-state index contributed by atoms with van der Waals surface area (Å²) in [6, 6.07) is 14.7. The molecule has 2 amide bonds. The number of rotatable bonds is 9. The molecule has 2 aromatic carbocycles. The molecule has 3 aliphatic rings. The number of nitriles is 1. The smallest absolute Gasteiger partial charge is 0.309 e. The van der Waals surface area contributed by atoms with Crippen molar-refractivity contribution >= 4 is 17.8 Å². The standard InChI is InChI=1S/C34H41N3O6/c1-33(2,23-8-6-5-7-9-23)37-31(39)28-20-10-11-21(16-20)29(28)36-30(38)25-18-26(22(19-35)17-27(25)42-4)43-24-12-14-34(3,15-13-24)32(40)41/h5-9,17-18,20-21,24,28-29H,10-16H2,1-4H3,(H,36,38)(H,37,39)(H,40,41)/t20-,21+,24?,28+,29-,34?/m1/s1. The fourth-order valence-electron chi connectivity index (χ4n) is 7.25. The summed E-state index contributed by atoms with van der Waals surface area (Å²) in [5.74, 6) is -0.692. The first kappa shape index (κ1) is 30.4. The van der Waals surface area contributed by atoms with Gasteiger partial charge in [-0.05, 0) is 89.2 Å². The van der Waals surface area contributed by atoms with Crippen molar-refractivity contribution in [1.29, 1.82) is 5.26 Å². The van der Waals surface area contributed by atoms with Crippen LogP contribution < -0.4 is 20.1 Å². The van der Waals surface area contributed by atoms with Crippen LogP contribution in [0.25, 0.3) is 0 Å². The molecule has 9 heteroatoms. The van der Waals surface area contributed by atoms with E-state index in [1.54, 1.807) is 13.0 Å². The van der Waals surface area contributed by atoms with Gasteiger partial charge < -0.3 is 25.2 Å². The lowest BCUT2D eigenvalue weighted by Crippen LogP contribution is -2.53. The van der Waals surface area contributed by atoms with Crippen molar-refractivity contribution in [3.63, 3.8) is 0 Å². The molecule has 0 aromatic heterocycles. The lowest BCUT2D eigenvalue weighted by Gasteiger charge is -2.35. The zero-order valence-corrected chi connectivity index (χ0v) is 25.3. The fourth-order valence-corrected chi connectivity index (χ4v) is 7.25. The number of nitrogens with zero attached hydrogens (tertiary/aromatic N) is 1. The molecular formula is C34H41N3O6. The van der Waals surface area contributed by atoms with E-state index in [0.29, 0.717) is 25.7 Å². The third-order valence-corrected chi connectivity index (χ3v) is 9.96. The third-order valence-electron chi connectivity index (χ3n) is 9.96. The first-order valence-electron chi connectivity index (χ1n) is 15.2. The number of ether oxygens (including phenoxy) is 2. The van der Waals surface area contributed by atoms with Crippen LogP contribution in [-0.2, 0) is 15.1 Å². The monoisotopic (exact) mass is 587 g/mol. The first-order valence-corrected chi connectivity index (χ1v) is 15.2. The van der Waals surface area contributed by atoms with E-state index in [1.165, 1.54) is 13.2 Å². The lowest BCUT2D eigenvalue weighted by molar-refractivity contribution is -0.150. The number of nitrogens with one attached hydrogen (secondary N) is 2. The molecular weight excluding hydrogens is 546 g/mol. The normalized spacial score (nSPS) is 28.0. The molecule has 0 spiro atoms. The van der Waals surface area contributed by atoms with Gasteiger partial charge in [0.2, 0.25) is 5.91 Å². The predicted octanol–water partition coefficient (Wildman–Crippen LogP) is 5.18. The highest BCUT2D eigenvalue weighted by Gasteiger charge is 2.52. The van der Waals surface area contributed by atoms with Gasteiger partial charge in [-0.15, -0.1) is 0 Å². The van der Waals surface area contributed by atoms with Crippen molar-refractivity contribution in [3.8, 4) is 17.6 Å². The number of carbonyl (C=O) groups excluding carboxylic acids is 2. The van der Waals surface area contributed by atoms with Gasteiger partial charge in [-0.3, -0.25) is 14.4 Å². The Hall–Kier alpha value is -4.06. The molecule has 228 valence electrons. The molecule has 0 aliphatic heterocycles. The van der Waals surface area contributed by atoms with E-state index in [4.69, 9.17) is 9.47 Å². The van der Waals surface area contributed by atoms with E-state index in [1.807, 2.05) is 44.2 Å². The van der Waals surface area contributed by atoms with Crippen LogP contribution in [0.5, 0.6) is 11.5 Å². The summed E-state index contributed by atoms with van der Waals surface area (Å²) < 4.78 is 11.7. The minimum absolute atomic E-state index is 0.0622. The molecule has 0 saturated heterocycles. The van der Waals surface area contributed by atoms with Gasteiger partial charge in [0.15, 0.2) is 0 Å². The Kier molecular flexibility index (Phi) is 8.42. The summed E-state index contributed by atoms with van der Waals surface area (Å²) in [4.78, 5) is 39.2. The first-order chi connectivity index (χ1) is 20.5. The number of hydrogen-bond donors (Lipinski definition) is 3. The topological polar surface area (TPSA) is 138 Å². The number of fused-ring (bicyclic) bond motifs is 2. The van der Waals surface area contributed by atoms with Gasteiger partial charge in [-0.2, -0.15) is 5.26 Å². The summed E-state index contributed by atoms with van der Waals surface area (Å²) in [5.41, 5.74) is 0.114. The Morgan fingerprint density at radius 1 is 1.02 bits per heavy atom. The summed E-state index contributed by atoms with van der Waals surface area (Å²) in [6.45, 7) is 5.71. The Labute approximate surface area is 252 Å². The van der Waals surface area contributed by atoms with Crippen LogP contribution in [0.15, 0.2) is 42.5 Å². The van der Waals surface area contributed by atoms with Crippen LogP contribution in [0.2, 0.25) is 0 Å². The summed E-state index contributed by atoms with van der Waals surface area (Å²) in [6.07, 6.45) is 4.53. The minimum atomic E-state index is -0.816. The minimum Gasteiger partial charge on any atom is -0.496 e. The van der Waals surface area contributed by atoms with Crippen LogP contribution >= 0.6 is 0 Å². The number of hydrogen-bond acceptors (Lipinski definition) is 6. The van der Waals surface area contributed by atoms with Crippen molar-refractivity contribution in [1.82, 2.24) is 10.6 Å². The molecule has 3 N–H and O–H groups in total. The van der Waals surface area contributed by atoms with E-state index in [2.05, 4.69) is 16.7 Å². The van der Waals surface area contributed by atoms with Gasteiger partial charge in [-0.1, -0.05) is 30.3 Å². The van der Waals surface area contributed by atoms with Crippen molar-refractivity contribution in [3.05, 3.63) is 59.2 Å². The van der Waals surface area contributed by atoms with Gasteiger partial charge in [0.1, 0.15) is 17.6 Å². The van der Waals surface area contributed by atoms with Crippen molar-refractivity contribution in [2.24, 2.45) is 23.2 Å². The number of carboxylic acid groups (broad SMARTS) is 1. The van der Waals surface area contributed by atoms with Gasteiger partial charge in [0, 0.05) is 12.1 Å². The molecule has 0 radical (unpaired) electrons. The van der Waals surface area contributed by atoms with Crippen molar-refractivity contribution < 1.29 is 29.0 Å². The molecule has 5 rings (SSSR count). The third kappa shape index (κ3) is 6.06. The zero-order chi connectivity index (χ0) is 30.9. The van der Waals surface area contributed by atoms with E-state index in [-0.39, 0.29) is 64.3 Å². The van der Waals surface area contributed by atoms with Gasteiger partial charge in [0.05, 0.1) is 41.2 Å². The molecule has 3 saturated carbocycles. The second-order valence-corrected chi connectivity index (χ2v) is 13.2. The maximum atomic E-state index is 13.8. The maximum Gasteiger partial charge on any atom is 0.309 e. The summed E-state index contributed by atoms with van der Waals surface area (Å²) in [7, 11) is 1.45. The fraction of sp³-hybridized carbons (Fsp3) is 0.529. The highest BCUT2D eigenvalue weighted by Crippen LogP contribution is 2.49. The molecule has 4 atom stereocenters. The number of aliphatic carboxylic acids is 1. The average molecular weight is 588 g/mol. The average Bonchev–Trinajstić information content (AvgIpc) is 3.60. The maximum absolute atomic E-state index is 13.8. The number of carboxylic acids is 1. The highest BCUT2D eigenvalue weighted by molar-refractivity contribution is 5.98. The van der Waals surface area contributed by atoms with Crippen LogP contribution in [0.1, 0.15) is 87.2 Å². The zero-order valence-electron chi connectivity index (χ0n) is 25.3. The van der Waals surface area contributed by atoms with E-state index >= 15 is 0 Å². The number of carbonyl (C=O) groups is 3. The molecule has 2 aromatic rings. The molecule has 0 heterocycles. The van der Waals surface area contributed by atoms with Crippen LogP contribution in [0.3, 0.4) is 0 Å². The lowest BCUT2D eigenvalue weighted by atomic mass is 9.75. The molecule has 3 aliphatic carbocycles. The molecule has 43 heavy (non-hydrogen) atoms. The van der Waals surface area contributed by atoms with Crippen molar-refractivity contribution in [2.75, 3.05) is 7.11 Å². The molecule has 2 bridgehead atoms. The van der Waals surface area contributed by atoms with Gasteiger partial charge >= 0.3 is 5.97 Å².